The molecule has 2 heterocycles. The number of aromatic nitrogens is 3. The minimum Gasteiger partial charge on any atom is -0.340 e. The number of aryl methyl sites for hydroxylation is 1. The summed E-state index contributed by atoms with van der Waals surface area (Å²) in [5.41, 5.74) is 3.59. The molecule has 0 aliphatic carbocycles. The van der Waals surface area contributed by atoms with Gasteiger partial charge in [-0.15, -0.1) is 0 Å². The second-order valence-electron chi connectivity index (χ2n) is 6.11. The molecule has 6 heteroatoms. The molecule has 0 saturated heterocycles. The molecule has 0 fully saturated rings. The monoisotopic (exact) mass is 347 g/mol. The van der Waals surface area contributed by atoms with Crippen LogP contribution < -0.4 is 5.32 Å². The molecule has 1 aromatic carbocycles. The van der Waals surface area contributed by atoms with Gasteiger partial charge in [0.15, 0.2) is 0 Å². The molecule has 26 heavy (non-hydrogen) atoms. The number of benzene rings is 1. The summed E-state index contributed by atoms with van der Waals surface area (Å²) in [6.07, 6.45) is 7.35. The van der Waals surface area contributed by atoms with E-state index in [2.05, 4.69) is 20.3 Å². The largest absolute Gasteiger partial charge is 0.340 e. The van der Waals surface area contributed by atoms with E-state index in [4.69, 9.17) is 0 Å². The highest BCUT2D eigenvalue weighted by atomic mass is 16.2. The van der Waals surface area contributed by atoms with Crippen molar-refractivity contribution in [1.82, 2.24) is 19.9 Å². The molecule has 0 saturated carbocycles. The van der Waals surface area contributed by atoms with E-state index in [0.717, 1.165) is 17.7 Å². The van der Waals surface area contributed by atoms with Gasteiger partial charge in [0.1, 0.15) is 11.5 Å². The van der Waals surface area contributed by atoms with Gasteiger partial charge < -0.3 is 10.2 Å². The molecule has 0 unspecified atom stereocenters. The molecular formula is C20H21N5O. The molecular weight excluding hydrogens is 326 g/mol. The lowest BCUT2D eigenvalue weighted by molar-refractivity contribution is 0.0790. The van der Waals surface area contributed by atoms with E-state index in [9.17, 15) is 4.79 Å². The first kappa shape index (κ1) is 17.5. The fourth-order valence-electron chi connectivity index (χ4n) is 2.43. The van der Waals surface area contributed by atoms with Crippen molar-refractivity contribution in [1.29, 1.82) is 0 Å². The predicted octanol–water partition coefficient (Wildman–Crippen LogP) is 3.24. The number of pyridine rings is 1. The Morgan fingerprint density at radius 1 is 1.04 bits per heavy atom. The summed E-state index contributed by atoms with van der Waals surface area (Å²) in [7, 11) is 1.77. The van der Waals surface area contributed by atoms with E-state index in [1.165, 1.54) is 11.8 Å². The summed E-state index contributed by atoms with van der Waals surface area (Å²) < 4.78 is 0. The topological polar surface area (TPSA) is 71.0 Å². The summed E-state index contributed by atoms with van der Waals surface area (Å²) in [5.74, 6) is 0.457. The molecule has 0 bridgehead atoms. The Labute approximate surface area is 153 Å². The first-order valence-electron chi connectivity index (χ1n) is 8.42. The summed E-state index contributed by atoms with van der Waals surface area (Å²) >= 11 is 0. The number of nitrogens with one attached hydrogen (secondary N) is 1. The third-order valence-corrected chi connectivity index (χ3v) is 4.03. The number of hydrogen-bond donors (Lipinski definition) is 1. The van der Waals surface area contributed by atoms with Crippen LogP contribution in [0.15, 0.2) is 61.2 Å². The molecule has 1 amide bonds. The van der Waals surface area contributed by atoms with Gasteiger partial charge in [-0.25, -0.2) is 9.97 Å². The number of nitrogens with zero attached hydrogens (tertiary/aromatic N) is 4. The van der Waals surface area contributed by atoms with Crippen molar-refractivity contribution in [3.63, 3.8) is 0 Å². The van der Waals surface area contributed by atoms with Gasteiger partial charge in [-0.3, -0.25) is 9.78 Å². The van der Waals surface area contributed by atoms with Crippen LogP contribution in [0.4, 0.5) is 11.5 Å². The van der Waals surface area contributed by atoms with Crippen LogP contribution in [-0.2, 0) is 6.42 Å². The fraction of sp³-hybridized carbons (Fsp3) is 0.200. The molecule has 1 N–H and O–H groups in total. The number of rotatable bonds is 6. The maximum atomic E-state index is 12.5. The Balaban J connectivity index is 1.58. The Kier molecular flexibility index (Phi) is 5.53. The van der Waals surface area contributed by atoms with Crippen LogP contribution in [0.5, 0.6) is 0 Å². The summed E-state index contributed by atoms with van der Waals surface area (Å²) in [5, 5.41) is 3.17. The number of carbonyl (C=O) groups excluding carboxylic acids is 1. The van der Waals surface area contributed by atoms with Crippen LogP contribution in [-0.4, -0.2) is 39.4 Å². The van der Waals surface area contributed by atoms with Gasteiger partial charge in [0.2, 0.25) is 0 Å². The van der Waals surface area contributed by atoms with Crippen molar-refractivity contribution in [2.45, 2.75) is 13.3 Å². The first-order chi connectivity index (χ1) is 12.6. The van der Waals surface area contributed by atoms with E-state index in [1.807, 2.05) is 43.3 Å². The van der Waals surface area contributed by atoms with Gasteiger partial charge in [-0.1, -0.05) is 17.7 Å². The highest BCUT2D eigenvalue weighted by Gasteiger charge is 2.13. The van der Waals surface area contributed by atoms with Crippen molar-refractivity contribution in [3.8, 4) is 0 Å². The highest BCUT2D eigenvalue weighted by Crippen LogP contribution is 2.14. The van der Waals surface area contributed by atoms with Crippen molar-refractivity contribution in [3.05, 3.63) is 78.0 Å². The Hall–Kier alpha value is -3.28. The molecule has 3 rings (SSSR count). The summed E-state index contributed by atoms with van der Waals surface area (Å²) in [4.78, 5) is 26.6. The van der Waals surface area contributed by atoms with Gasteiger partial charge in [0.05, 0.1) is 12.4 Å². The molecule has 6 nitrogen and oxygen atoms in total. The smallest absolute Gasteiger partial charge is 0.273 e. The maximum Gasteiger partial charge on any atom is 0.273 e. The number of hydrogen-bond acceptors (Lipinski definition) is 5. The molecule has 0 radical (unpaired) electrons. The molecule has 0 aliphatic rings. The van der Waals surface area contributed by atoms with Crippen molar-refractivity contribution in [2.75, 3.05) is 18.9 Å². The van der Waals surface area contributed by atoms with Gasteiger partial charge in [-0.2, -0.15) is 0 Å². The minimum atomic E-state index is -0.145. The highest BCUT2D eigenvalue weighted by molar-refractivity contribution is 5.91. The third kappa shape index (κ3) is 4.63. The van der Waals surface area contributed by atoms with Crippen LogP contribution >= 0.6 is 0 Å². The van der Waals surface area contributed by atoms with Gasteiger partial charge in [0.25, 0.3) is 5.91 Å². The van der Waals surface area contributed by atoms with Crippen molar-refractivity contribution in [2.24, 2.45) is 0 Å². The number of amides is 1. The first-order valence-corrected chi connectivity index (χ1v) is 8.42. The van der Waals surface area contributed by atoms with E-state index in [0.29, 0.717) is 18.1 Å². The van der Waals surface area contributed by atoms with E-state index < -0.39 is 0 Å². The lowest BCUT2D eigenvalue weighted by atomic mass is 10.2. The second kappa shape index (κ2) is 8.20. The molecule has 0 atom stereocenters. The van der Waals surface area contributed by atoms with Gasteiger partial charge in [0, 0.05) is 31.7 Å². The summed E-state index contributed by atoms with van der Waals surface area (Å²) in [6, 6.07) is 11.9. The second-order valence-corrected chi connectivity index (χ2v) is 6.11. The number of anilines is 2. The van der Waals surface area contributed by atoms with Crippen molar-refractivity contribution < 1.29 is 4.79 Å². The number of likely N-dealkylation sites (N-methyl/N-ethyl adjacent to an activating group) is 1. The fourth-order valence-corrected chi connectivity index (χ4v) is 2.43. The lowest BCUT2D eigenvalue weighted by Crippen LogP contribution is -2.29. The minimum absolute atomic E-state index is 0.145. The molecule has 3 aromatic rings. The predicted molar refractivity (Wildman–Crippen MR) is 101 cm³/mol. The average Bonchev–Trinajstić information content (AvgIpc) is 2.69. The van der Waals surface area contributed by atoms with Crippen LogP contribution in [0.1, 0.15) is 21.6 Å². The number of carbonyl (C=O) groups is 1. The van der Waals surface area contributed by atoms with E-state index >= 15 is 0 Å². The molecule has 0 spiro atoms. The normalized spacial score (nSPS) is 10.4. The average molecular weight is 347 g/mol. The Morgan fingerprint density at radius 2 is 1.77 bits per heavy atom. The molecule has 0 aliphatic heterocycles. The van der Waals surface area contributed by atoms with Crippen LogP contribution in [0.3, 0.4) is 0 Å². The maximum absolute atomic E-state index is 12.5. The zero-order chi connectivity index (χ0) is 18.4. The third-order valence-electron chi connectivity index (χ3n) is 4.03. The Bertz CT molecular complexity index is 848. The van der Waals surface area contributed by atoms with E-state index in [-0.39, 0.29) is 5.91 Å². The molecule has 132 valence electrons. The standard InChI is InChI=1S/C20H21N5O/c1-15-3-5-17(6-4-15)24-19-14-22-18(13-23-19)20(26)25(2)12-9-16-7-10-21-11-8-16/h3-8,10-11,13-14H,9,12H2,1-2H3,(H,23,24). The zero-order valence-electron chi connectivity index (χ0n) is 14.9. The van der Waals surface area contributed by atoms with Gasteiger partial charge in [-0.05, 0) is 43.2 Å². The Morgan fingerprint density at radius 3 is 2.42 bits per heavy atom. The van der Waals surface area contributed by atoms with Crippen LogP contribution in [0.2, 0.25) is 0 Å². The van der Waals surface area contributed by atoms with Crippen LogP contribution in [0, 0.1) is 6.92 Å². The lowest BCUT2D eigenvalue weighted by Gasteiger charge is -2.16. The SMILES string of the molecule is Cc1ccc(Nc2cnc(C(=O)N(C)CCc3ccncc3)cn2)cc1. The van der Waals surface area contributed by atoms with Crippen LogP contribution in [0.25, 0.3) is 0 Å². The summed E-state index contributed by atoms with van der Waals surface area (Å²) in [6.45, 7) is 2.64. The van der Waals surface area contributed by atoms with Gasteiger partial charge >= 0.3 is 0 Å². The van der Waals surface area contributed by atoms with E-state index in [1.54, 1.807) is 30.5 Å². The van der Waals surface area contributed by atoms with Crippen molar-refractivity contribution >= 4 is 17.4 Å². The molecule has 2 aromatic heterocycles. The quantitative estimate of drug-likeness (QED) is 0.741. The zero-order valence-corrected chi connectivity index (χ0v) is 14.9.